The van der Waals surface area contributed by atoms with Crippen LogP contribution in [0.2, 0.25) is 0 Å². The Morgan fingerprint density at radius 3 is 2.61 bits per heavy atom. The molecule has 1 aromatic heterocycles. The molecule has 3 N–H and O–H groups in total. The molecular weight excluding hydrogens is 454 g/mol. The van der Waals surface area contributed by atoms with Crippen LogP contribution in [0.1, 0.15) is 6.42 Å². The number of nitrogens with one attached hydrogen (secondary N) is 1. The molecule has 9 nitrogen and oxygen atoms in total. The average Bonchev–Trinajstić information content (AvgIpc) is 3.34. The summed E-state index contributed by atoms with van der Waals surface area (Å²) >= 11 is 0. The van der Waals surface area contributed by atoms with Crippen molar-refractivity contribution in [3.05, 3.63) is 72.6 Å². The largest absolute Gasteiger partial charge is 0.457 e. The number of nitrogens with two attached hydrogens (primary N) is 1. The molecule has 1 fully saturated rings. The van der Waals surface area contributed by atoms with Gasteiger partial charge in [0.2, 0.25) is 0 Å². The Morgan fingerprint density at radius 1 is 1.19 bits per heavy atom. The first kappa shape index (κ1) is 24.7. The SMILES string of the molecule is CN(C)C/C=C(\C#N)C(=O)N1CC[C@@H](Nc2ncnc(N)c2-c2ccc(Oc3ccccc3)cc2)C1. The van der Waals surface area contributed by atoms with Crippen molar-refractivity contribution >= 4 is 17.5 Å². The van der Waals surface area contributed by atoms with E-state index < -0.39 is 0 Å². The predicted molar refractivity (Wildman–Crippen MR) is 139 cm³/mol. The van der Waals surface area contributed by atoms with Crippen molar-refractivity contribution in [3.63, 3.8) is 0 Å². The third-order valence-electron chi connectivity index (χ3n) is 5.83. The first-order valence-electron chi connectivity index (χ1n) is 11.7. The topological polar surface area (TPSA) is 120 Å². The molecule has 1 aliphatic rings. The van der Waals surface area contributed by atoms with E-state index in [9.17, 15) is 10.1 Å². The Hall–Kier alpha value is -4.42. The van der Waals surface area contributed by atoms with Crippen LogP contribution in [0.5, 0.6) is 11.5 Å². The van der Waals surface area contributed by atoms with Crippen LogP contribution in [0.15, 0.2) is 72.6 Å². The molecule has 1 saturated heterocycles. The van der Waals surface area contributed by atoms with Crippen LogP contribution in [0, 0.1) is 11.3 Å². The molecule has 1 atom stereocenters. The number of nitriles is 1. The molecular formula is C27H29N7O2. The smallest absolute Gasteiger partial charge is 0.264 e. The van der Waals surface area contributed by atoms with Crippen LogP contribution in [0.4, 0.5) is 11.6 Å². The van der Waals surface area contributed by atoms with E-state index in [0.717, 1.165) is 17.7 Å². The van der Waals surface area contributed by atoms with Gasteiger partial charge in [-0.1, -0.05) is 30.3 Å². The van der Waals surface area contributed by atoms with Gasteiger partial charge in [-0.15, -0.1) is 0 Å². The Kier molecular flexibility index (Phi) is 7.78. The maximum Gasteiger partial charge on any atom is 0.264 e. The van der Waals surface area contributed by atoms with Crippen LogP contribution in [0.3, 0.4) is 0 Å². The van der Waals surface area contributed by atoms with Crippen molar-refractivity contribution < 1.29 is 9.53 Å². The molecule has 184 valence electrons. The van der Waals surface area contributed by atoms with E-state index in [1.165, 1.54) is 6.33 Å². The number of likely N-dealkylation sites (tertiary alicyclic amines) is 1. The molecule has 0 aliphatic carbocycles. The molecule has 1 amide bonds. The minimum atomic E-state index is -0.250. The summed E-state index contributed by atoms with van der Waals surface area (Å²) in [6.07, 6.45) is 3.81. The lowest BCUT2D eigenvalue weighted by molar-refractivity contribution is -0.125. The average molecular weight is 484 g/mol. The number of ether oxygens (including phenoxy) is 1. The first-order valence-corrected chi connectivity index (χ1v) is 11.7. The molecule has 4 rings (SSSR count). The molecule has 1 aliphatic heterocycles. The summed E-state index contributed by atoms with van der Waals surface area (Å²) < 4.78 is 5.88. The maximum atomic E-state index is 12.8. The normalized spacial score (nSPS) is 15.6. The molecule has 0 bridgehead atoms. The molecule has 0 spiro atoms. The van der Waals surface area contributed by atoms with Crippen molar-refractivity contribution in [1.29, 1.82) is 5.26 Å². The number of nitrogens with zero attached hydrogens (tertiary/aromatic N) is 5. The van der Waals surface area contributed by atoms with Gasteiger partial charge < -0.3 is 25.6 Å². The van der Waals surface area contributed by atoms with E-state index in [0.29, 0.717) is 42.6 Å². The summed E-state index contributed by atoms with van der Waals surface area (Å²) in [7, 11) is 3.78. The summed E-state index contributed by atoms with van der Waals surface area (Å²) in [5.74, 6) is 2.16. The fourth-order valence-electron chi connectivity index (χ4n) is 3.99. The van der Waals surface area contributed by atoms with E-state index in [4.69, 9.17) is 10.5 Å². The van der Waals surface area contributed by atoms with Gasteiger partial charge in [0.25, 0.3) is 5.91 Å². The fraction of sp³-hybridized carbons (Fsp3) is 0.259. The van der Waals surface area contributed by atoms with Gasteiger partial charge in [-0.2, -0.15) is 5.26 Å². The Labute approximate surface area is 210 Å². The first-order chi connectivity index (χ1) is 17.4. The van der Waals surface area contributed by atoms with Gasteiger partial charge >= 0.3 is 0 Å². The lowest BCUT2D eigenvalue weighted by atomic mass is 10.1. The molecule has 0 radical (unpaired) electrons. The molecule has 9 heteroatoms. The molecule has 36 heavy (non-hydrogen) atoms. The van der Waals surface area contributed by atoms with E-state index in [1.54, 1.807) is 11.0 Å². The minimum Gasteiger partial charge on any atom is -0.457 e. The third-order valence-corrected chi connectivity index (χ3v) is 5.83. The number of nitrogen functional groups attached to an aromatic ring is 1. The number of anilines is 2. The monoisotopic (exact) mass is 483 g/mol. The van der Waals surface area contributed by atoms with Gasteiger partial charge in [-0.3, -0.25) is 4.79 Å². The number of carbonyl (C=O) groups is 1. The highest BCUT2D eigenvalue weighted by Gasteiger charge is 2.29. The number of para-hydroxylation sites is 1. The summed E-state index contributed by atoms with van der Waals surface area (Å²) in [6, 6.07) is 19.1. The van der Waals surface area contributed by atoms with Crippen LogP contribution in [-0.2, 0) is 4.79 Å². The number of likely N-dealkylation sites (N-methyl/N-ethyl adjacent to an activating group) is 1. The second-order valence-electron chi connectivity index (χ2n) is 8.79. The second kappa shape index (κ2) is 11.3. The van der Waals surface area contributed by atoms with Gasteiger partial charge in [0.15, 0.2) is 0 Å². The zero-order valence-electron chi connectivity index (χ0n) is 20.4. The summed E-state index contributed by atoms with van der Waals surface area (Å²) in [4.78, 5) is 25.0. The summed E-state index contributed by atoms with van der Waals surface area (Å²) in [5, 5.41) is 12.9. The van der Waals surface area contributed by atoms with Crippen LogP contribution < -0.4 is 15.8 Å². The number of aromatic nitrogens is 2. The lowest BCUT2D eigenvalue weighted by Crippen LogP contribution is -2.33. The molecule has 0 unspecified atom stereocenters. The number of carbonyl (C=O) groups excluding carboxylic acids is 1. The quantitative estimate of drug-likeness (QED) is 0.369. The van der Waals surface area contributed by atoms with E-state index in [1.807, 2.05) is 79.7 Å². The zero-order valence-corrected chi connectivity index (χ0v) is 20.4. The number of amides is 1. The number of rotatable bonds is 8. The third kappa shape index (κ3) is 5.98. The van der Waals surface area contributed by atoms with Gasteiger partial charge in [-0.05, 0) is 56.4 Å². The van der Waals surface area contributed by atoms with E-state index in [2.05, 4.69) is 15.3 Å². The van der Waals surface area contributed by atoms with Crippen molar-refractivity contribution in [1.82, 2.24) is 19.8 Å². The highest BCUT2D eigenvalue weighted by Crippen LogP contribution is 2.33. The molecule has 3 aromatic rings. The summed E-state index contributed by atoms with van der Waals surface area (Å²) in [5.41, 5.74) is 7.95. The van der Waals surface area contributed by atoms with E-state index >= 15 is 0 Å². The fourth-order valence-corrected chi connectivity index (χ4v) is 3.99. The molecule has 0 saturated carbocycles. The number of hydrogen-bond acceptors (Lipinski definition) is 8. The standard InChI is InChI=1S/C27H29N7O2/c1-33(2)14-12-20(16-28)27(35)34-15-13-21(17-34)32-26-24(25(29)30-18-31-26)19-8-10-23(11-9-19)36-22-6-4-3-5-7-22/h3-12,18,21H,13-15,17H2,1-2H3,(H3,29,30,31,32)/b20-12+/t21-/m1/s1. The van der Waals surface area contributed by atoms with Crippen LogP contribution in [-0.4, -0.2) is 65.4 Å². The lowest BCUT2D eigenvalue weighted by Gasteiger charge is -2.19. The van der Waals surface area contributed by atoms with Gasteiger partial charge in [-0.25, -0.2) is 9.97 Å². The predicted octanol–water partition coefficient (Wildman–Crippen LogP) is 3.54. The van der Waals surface area contributed by atoms with Crippen LogP contribution in [0.25, 0.3) is 11.1 Å². The Balaban J connectivity index is 1.47. The minimum absolute atomic E-state index is 0.0310. The van der Waals surface area contributed by atoms with Crippen molar-refractivity contribution in [2.75, 3.05) is 44.8 Å². The highest BCUT2D eigenvalue weighted by atomic mass is 16.5. The number of hydrogen-bond donors (Lipinski definition) is 2. The summed E-state index contributed by atoms with van der Waals surface area (Å²) in [6.45, 7) is 1.55. The van der Waals surface area contributed by atoms with E-state index in [-0.39, 0.29) is 17.5 Å². The Bertz CT molecular complexity index is 1270. The molecule has 2 heterocycles. The van der Waals surface area contributed by atoms with Crippen molar-refractivity contribution in [3.8, 4) is 28.7 Å². The maximum absolute atomic E-state index is 12.8. The van der Waals surface area contributed by atoms with Gasteiger partial charge in [0.05, 0.1) is 5.56 Å². The van der Waals surface area contributed by atoms with Gasteiger partial charge in [0, 0.05) is 25.7 Å². The second-order valence-corrected chi connectivity index (χ2v) is 8.79. The van der Waals surface area contributed by atoms with Crippen molar-refractivity contribution in [2.24, 2.45) is 0 Å². The Morgan fingerprint density at radius 2 is 1.92 bits per heavy atom. The molecule has 2 aromatic carbocycles. The zero-order chi connectivity index (χ0) is 25.5. The van der Waals surface area contributed by atoms with Crippen LogP contribution >= 0.6 is 0 Å². The van der Waals surface area contributed by atoms with Gasteiger partial charge in [0.1, 0.15) is 41.1 Å². The number of benzene rings is 2. The highest BCUT2D eigenvalue weighted by molar-refractivity contribution is 5.97. The van der Waals surface area contributed by atoms with Crippen molar-refractivity contribution in [2.45, 2.75) is 12.5 Å².